The van der Waals surface area contributed by atoms with Crippen LogP contribution in [0.4, 0.5) is 0 Å². The third-order valence-electron chi connectivity index (χ3n) is 2.16. The smallest absolute Gasteiger partial charge is 0.166 e. The number of hydrogen-bond donors (Lipinski definition) is 2. The highest BCUT2D eigenvalue weighted by Gasteiger charge is 2.23. The predicted molar refractivity (Wildman–Crippen MR) is 58.4 cm³/mol. The van der Waals surface area contributed by atoms with Crippen LogP contribution in [0, 0.1) is 0 Å². The average Bonchev–Trinajstić information content (AvgIpc) is 2.15. The fourth-order valence-corrected chi connectivity index (χ4v) is 1.43. The first kappa shape index (κ1) is 11.7. The highest BCUT2D eigenvalue weighted by Crippen LogP contribution is 2.39. The molecule has 0 heterocycles. The summed E-state index contributed by atoms with van der Waals surface area (Å²) in [6.07, 6.45) is 0. The van der Waals surface area contributed by atoms with Crippen molar-refractivity contribution in [2.24, 2.45) is 5.73 Å². The number of aromatic hydroxyl groups is 1. The number of benzene rings is 1. The van der Waals surface area contributed by atoms with Crippen LogP contribution in [-0.4, -0.2) is 19.3 Å². The van der Waals surface area contributed by atoms with E-state index in [1.165, 1.54) is 13.2 Å². The molecule has 0 atom stereocenters. The number of phenolic OH excluding ortho intramolecular Hbond substituents is 1. The lowest BCUT2D eigenvalue weighted by atomic mass is 9.94. The summed E-state index contributed by atoms with van der Waals surface area (Å²) in [6, 6.07) is 3.08. The summed E-state index contributed by atoms with van der Waals surface area (Å²) in [5.41, 5.74) is 6.09. The number of rotatable bonds is 3. The lowest BCUT2D eigenvalue weighted by Crippen LogP contribution is -2.29. The van der Waals surface area contributed by atoms with E-state index >= 15 is 0 Å². The van der Waals surface area contributed by atoms with Crippen LogP contribution in [0.15, 0.2) is 12.1 Å². The van der Waals surface area contributed by atoms with E-state index in [0.29, 0.717) is 17.1 Å². The van der Waals surface area contributed by atoms with Gasteiger partial charge in [-0.3, -0.25) is 0 Å². The third kappa shape index (κ3) is 2.33. The Morgan fingerprint density at radius 3 is 2.20 bits per heavy atom. The van der Waals surface area contributed by atoms with Gasteiger partial charge in [0.1, 0.15) is 5.75 Å². The van der Waals surface area contributed by atoms with E-state index in [4.69, 9.17) is 15.2 Å². The Morgan fingerprint density at radius 1 is 1.20 bits per heavy atom. The molecule has 15 heavy (non-hydrogen) atoms. The van der Waals surface area contributed by atoms with Gasteiger partial charge in [-0.1, -0.05) is 0 Å². The average molecular weight is 211 g/mol. The minimum Gasteiger partial charge on any atom is -0.508 e. The summed E-state index contributed by atoms with van der Waals surface area (Å²) in [7, 11) is 3.06. The van der Waals surface area contributed by atoms with Crippen molar-refractivity contribution >= 4 is 0 Å². The summed E-state index contributed by atoms with van der Waals surface area (Å²) in [6.45, 7) is 3.67. The normalized spacial score (nSPS) is 11.3. The number of methoxy groups -OCH3 is 2. The molecule has 0 saturated heterocycles. The van der Waals surface area contributed by atoms with E-state index in [1.807, 2.05) is 13.8 Å². The predicted octanol–water partition coefficient (Wildman–Crippen LogP) is 1.60. The molecule has 1 rings (SSSR count). The van der Waals surface area contributed by atoms with Crippen LogP contribution >= 0.6 is 0 Å². The SMILES string of the molecule is COc1cc(O)cc(C(C)(C)N)c1OC. The molecule has 4 heteroatoms. The van der Waals surface area contributed by atoms with Crippen molar-refractivity contribution in [3.63, 3.8) is 0 Å². The quantitative estimate of drug-likeness (QED) is 0.797. The highest BCUT2D eigenvalue weighted by atomic mass is 16.5. The molecule has 0 radical (unpaired) electrons. The second-order valence-corrected chi connectivity index (χ2v) is 3.95. The van der Waals surface area contributed by atoms with E-state index in [0.717, 1.165) is 0 Å². The van der Waals surface area contributed by atoms with Gasteiger partial charge >= 0.3 is 0 Å². The van der Waals surface area contributed by atoms with Crippen LogP contribution in [0.25, 0.3) is 0 Å². The van der Waals surface area contributed by atoms with E-state index in [2.05, 4.69) is 0 Å². The molecule has 0 spiro atoms. The monoisotopic (exact) mass is 211 g/mol. The molecule has 0 saturated carbocycles. The second kappa shape index (κ2) is 3.98. The first-order chi connectivity index (χ1) is 6.90. The third-order valence-corrected chi connectivity index (χ3v) is 2.16. The summed E-state index contributed by atoms with van der Waals surface area (Å²) >= 11 is 0. The van der Waals surface area contributed by atoms with Gasteiger partial charge in [0, 0.05) is 17.2 Å². The maximum absolute atomic E-state index is 9.52. The van der Waals surface area contributed by atoms with Gasteiger partial charge in [0.05, 0.1) is 14.2 Å². The van der Waals surface area contributed by atoms with Crippen LogP contribution in [0.5, 0.6) is 17.2 Å². The Kier molecular flexibility index (Phi) is 3.09. The minimum absolute atomic E-state index is 0.112. The molecule has 0 aliphatic heterocycles. The molecular formula is C11H17NO3. The second-order valence-electron chi connectivity index (χ2n) is 3.95. The van der Waals surface area contributed by atoms with Gasteiger partial charge in [-0.25, -0.2) is 0 Å². The largest absolute Gasteiger partial charge is 0.508 e. The van der Waals surface area contributed by atoms with Gasteiger partial charge in [-0.15, -0.1) is 0 Å². The summed E-state index contributed by atoms with van der Waals surface area (Å²) in [5, 5.41) is 9.52. The summed E-state index contributed by atoms with van der Waals surface area (Å²) in [4.78, 5) is 0. The zero-order valence-electron chi connectivity index (χ0n) is 9.50. The summed E-state index contributed by atoms with van der Waals surface area (Å²) < 4.78 is 10.3. The van der Waals surface area contributed by atoms with E-state index in [9.17, 15) is 5.11 Å². The molecule has 1 aromatic rings. The Morgan fingerprint density at radius 2 is 1.80 bits per heavy atom. The molecule has 3 N–H and O–H groups in total. The molecule has 0 unspecified atom stereocenters. The molecule has 0 aliphatic rings. The standard InChI is InChI=1S/C11H17NO3/c1-11(2,12)8-5-7(13)6-9(14-3)10(8)15-4/h5-6,13H,12H2,1-4H3. The minimum atomic E-state index is -0.600. The van der Waals surface area contributed by atoms with Crippen LogP contribution in [0.1, 0.15) is 19.4 Å². The van der Waals surface area contributed by atoms with Crippen molar-refractivity contribution in [3.8, 4) is 17.2 Å². The fourth-order valence-electron chi connectivity index (χ4n) is 1.43. The number of ether oxygens (including phenoxy) is 2. The molecular weight excluding hydrogens is 194 g/mol. The maximum atomic E-state index is 9.52. The Bertz CT molecular complexity index is 356. The van der Waals surface area contributed by atoms with Gasteiger partial charge in [0.25, 0.3) is 0 Å². The van der Waals surface area contributed by atoms with Gasteiger partial charge in [0.2, 0.25) is 0 Å². The molecule has 0 amide bonds. The van der Waals surface area contributed by atoms with Crippen molar-refractivity contribution in [2.45, 2.75) is 19.4 Å². The van der Waals surface area contributed by atoms with Crippen molar-refractivity contribution in [1.29, 1.82) is 0 Å². The van der Waals surface area contributed by atoms with Crippen LogP contribution in [0.2, 0.25) is 0 Å². The molecule has 0 aromatic heterocycles. The van der Waals surface area contributed by atoms with Crippen molar-refractivity contribution < 1.29 is 14.6 Å². The summed E-state index contributed by atoms with van der Waals surface area (Å²) in [5.74, 6) is 1.15. The van der Waals surface area contributed by atoms with Crippen LogP contribution in [-0.2, 0) is 5.54 Å². The molecule has 0 aliphatic carbocycles. The van der Waals surface area contributed by atoms with E-state index in [-0.39, 0.29) is 5.75 Å². The number of nitrogens with two attached hydrogens (primary N) is 1. The number of phenols is 1. The first-order valence-electron chi connectivity index (χ1n) is 4.64. The maximum Gasteiger partial charge on any atom is 0.166 e. The van der Waals surface area contributed by atoms with Crippen molar-refractivity contribution in [1.82, 2.24) is 0 Å². The van der Waals surface area contributed by atoms with Crippen LogP contribution < -0.4 is 15.2 Å². The van der Waals surface area contributed by atoms with E-state index < -0.39 is 5.54 Å². The van der Waals surface area contributed by atoms with Crippen molar-refractivity contribution in [3.05, 3.63) is 17.7 Å². The lowest BCUT2D eigenvalue weighted by molar-refractivity contribution is 0.339. The van der Waals surface area contributed by atoms with E-state index in [1.54, 1.807) is 13.2 Å². The molecule has 84 valence electrons. The van der Waals surface area contributed by atoms with Gasteiger partial charge in [-0.2, -0.15) is 0 Å². The zero-order valence-corrected chi connectivity index (χ0v) is 9.50. The first-order valence-corrected chi connectivity index (χ1v) is 4.64. The Hall–Kier alpha value is -1.42. The fraction of sp³-hybridized carbons (Fsp3) is 0.455. The van der Waals surface area contributed by atoms with Crippen molar-refractivity contribution in [2.75, 3.05) is 14.2 Å². The molecule has 0 fully saturated rings. The zero-order chi connectivity index (χ0) is 11.6. The topological polar surface area (TPSA) is 64.7 Å². The molecule has 0 bridgehead atoms. The van der Waals surface area contributed by atoms with Gasteiger partial charge in [-0.05, 0) is 19.9 Å². The Balaban J connectivity index is 3.42. The number of hydrogen-bond acceptors (Lipinski definition) is 4. The Labute approximate surface area is 89.6 Å². The lowest BCUT2D eigenvalue weighted by Gasteiger charge is -2.23. The molecule has 4 nitrogen and oxygen atoms in total. The highest BCUT2D eigenvalue weighted by molar-refractivity contribution is 5.53. The van der Waals surface area contributed by atoms with Gasteiger partial charge in [0.15, 0.2) is 11.5 Å². The van der Waals surface area contributed by atoms with Gasteiger partial charge < -0.3 is 20.3 Å². The van der Waals surface area contributed by atoms with Crippen LogP contribution in [0.3, 0.4) is 0 Å². The molecule has 1 aromatic carbocycles.